The number of amides is 1. The molecule has 78 valence electrons. The van der Waals surface area contributed by atoms with Crippen molar-refractivity contribution in [3.8, 4) is 5.75 Å². The number of nitrogens with one attached hydrogen (secondary N) is 1. The van der Waals surface area contributed by atoms with Gasteiger partial charge in [-0.05, 0) is 31.2 Å². The van der Waals surface area contributed by atoms with Crippen LogP contribution in [-0.2, 0) is 4.79 Å². The fraction of sp³-hybridized carbons (Fsp3) is 0.273. The maximum absolute atomic E-state index is 11.2. The number of carbonyl (C=O) groups excluding carboxylic acids is 1. The van der Waals surface area contributed by atoms with Crippen molar-refractivity contribution in [1.29, 1.82) is 0 Å². The molecule has 1 atom stereocenters. The van der Waals surface area contributed by atoms with Crippen LogP contribution in [0.4, 0.5) is 0 Å². The van der Waals surface area contributed by atoms with Crippen molar-refractivity contribution in [3.63, 3.8) is 0 Å². The Morgan fingerprint density at radius 3 is 2.67 bits per heavy atom. The lowest BCUT2D eigenvalue weighted by Crippen LogP contribution is -2.25. The molecule has 0 saturated carbocycles. The van der Waals surface area contributed by atoms with E-state index in [-0.39, 0.29) is 17.6 Å². The van der Waals surface area contributed by atoms with Crippen molar-refractivity contribution in [2.24, 2.45) is 5.92 Å². The van der Waals surface area contributed by atoms with Gasteiger partial charge in [0.1, 0.15) is 11.7 Å². The first kappa shape index (κ1) is 9.71. The standard InChI is InChI=1S/C11H12N2O2/c1-8-6-13(12-11(8)15)7-9-2-4-10(14)5-3-9/h2-5,7-8H,6H2,1H3,(H,12,15)/p+1. The van der Waals surface area contributed by atoms with E-state index < -0.39 is 0 Å². The third-order valence-corrected chi connectivity index (χ3v) is 2.37. The molecule has 4 heteroatoms. The molecule has 1 unspecified atom stereocenters. The molecule has 1 amide bonds. The van der Waals surface area contributed by atoms with Gasteiger partial charge in [0.05, 0.1) is 0 Å². The Morgan fingerprint density at radius 1 is 1.47 bits per heavy atom. The van der Waals surface area contributed by atoms with Crippen molar-refractivity contribution in [1.82, 2.24) is 5.43 Å². The van der Waals surface area contributed by atoms with E-state index in [1.165, 1.54) is 0 Å². The minimum absolute atomic E-state index is 0.0263. The highest BCUT2D eigenvalue weighted by Gasteiger charge is 2.29. The number of hydrazone groups is 1. The summed E-state index contributed by atoms with van der Waals surface area (Å²) in [5, 5.41) is 9.10. The Hall–Kier alpha value is -1.84. The van der Waals surface area contributed by atoms with E-state index in [9.17, 15) is 4.79 Å². The maximum Gasteiger partial charge on any atom is 0.283 e. The van der Waals surface area contributed by atoms with Crippen molar-refractivity contribution >= 4 is 12.1 Å². The summed E-state index contributed by atoms with van der Waals surface area (Å²) in [5.74, 6) is 0.314. The number of hydrazine groups is 1. The summed E-state index contributed by atoms with van der Waals surface area (Å²) in [6.45, 7) is 2.57. The Balaban J connectivity index is 2.17. The number of hydrogen-bond donors (Lipinski definition) is 2. The maximum atomic E-state index is 11.2. The third kappa shape index (κ3) is 2.15. The first-order chi connectivity index (χ1) is 7.15. The highest BCUT2D eigenvalue weighted by molar-refractivity contribution is 5.81. The molecular formula is C11H13N2O2+. The molecule has 2 rings (SSSR count). The van der Waals surface area contributed by atoms with Gasteiger partial charge in [0.2, 0.25) is 6.21 Å². The van der Waals surface area contributed by atoms with E-state index >= 15 is 0 Å². The van der Waals surface area contributed by atoms with Gasteiger partial charge in [-0.25, -0.2) is 0 Å². The highest BCUT2D eigenvalue weighted by Crippen LogP contribution is 2.08. The number of hydrogen-bond acceptors (Lipinski definition) is 2. The normalized spacial score (nSPS) is 23.1. The third-order valence-electron chi connectivity index (χ3n) is 2.37. The average Bonchev–Trinajstić information content (AvgIpc) is 2.50. The molecule has 0 spiro atoms. The molecule has 0 bridgehead atoms. The van der Waals surface area contributed by atoms with Crippen LogP contribution in [0.1, 0.15) is 12.5 Å². The first-order valence-corrected chi connectivity index (χ1v) is 4.86. The smallest absolute Gasteiger partial charge is 0.283 e. The summed E-state index contributed by atoms with van der Waals surface area (Å²) >= 11 is 0. The summed E-state index contributed by atoms with van der Waals surface area (Å²) in [4.78, 5) is 11.2. The van der Waals surface area contributed by atoms with Gasteiger partial charge in [-0.2, -0.15) is 0 Å². The molecule has 1 aromatic rings. The monoisotopic (exact) mass is 205 g/mol. The van der Waals surface area contributed by atoms with Crippen LogP contribution in [0.25, 0.3) is 0 Å². The van der Waals surface area contributed by atoms with E-state index in [0.717, 1.165) is 5.56 Å². The number of carbonyl (C=O) groups is 1. The van der Waals surface area contributed by atoms with E-state index in [1.54, 1.807) is 28.9 Å². The highest BCUT2D eigenvalue weighted by atomic mass is 16.3. The predicted molar refractivity (Wildman–Crippen MR) is 55.7 cm³/mol. The lowest BCUT2D eigenvalue weighted by molar-refractivity contribution is -0.556. The van der Waals surface area contributed by atoms with Crippen molar-refractivity contribution in [3.05, 3.63) is 29.8 Å². The van der Waals surface area contributed by atoms with Gasteiger partial charge in [-0.1, -0.05) is 0 Å². The average molecular weight is 205 g/mol. The fourth-order valence-electron chi connectivity index (χ4n) is 1.50. The predicted octanol–water partition coefficient (Wildman–Crippen LogP) is 0.504. The summed E-state index contributed by atoms with van der Waals surface area (Å²) in [6, 6.07) is 6.83. The molecule has 4 nitrogen and oxygen atoms in total. The number of rotatable bonds is 1. The zero-order valence-corrected chi connectivity index (χ0v) is 8.47. The first-order valence-electron chi connectivity index (χ1n) is 4.86. The molecule has 1 heterocycles. The van der Waals surface area contributed by atoms with Gasteiger partial charge in [0.15, 0.2) is 6.54 Å². The summed E-state index contributed by atoms with van der Waals surface area (Å²) in [5.41, 5.74) is 3.69. The number of benzene rings is 1. The van der Waals surface area contributed by atoms with E-state index in [0.29, 0.717) is 6.54 Å². The SMILES string of the molecule is CC1C/[N+](=C\c2ccc(O)cc2)NC1=O. The molecule has 2 N–H and O–H groups in total. The Morgan fingerprint density at radius 2 is 2.13 bits per heavy atom. The molecule has 1 aliphatic heterocycles. The Labute approximate surface area is 87.8 Å². The van der Waals surface area contributed by atoms with Crippen molar-refractivity contribution < 1.29 is 14.6 Å². The van der Waals surface area contributed by atoms with Crippen LogP contribution in [0.3, 0.4) is 0 Å². The van der Waals surface area contributed by atoms with Gasteiger partial charge in [-0.15, -0.1) is 10.1 Å². The summed E-state index contributed by atoms with van der Waals surface area (Å²) < 4.78 is 1.76. The van der Waals surface area contributed by atoms with Crippen LogP contribution in [-0.4, -0.2) is 28.5 Å². The molecule has 1 aromatic carbocycles. The largest absolute Gasteiger partial charge is 0.508 e. The van der Waals surface area contributed by atoms with Gasteiger partial charge in [0.25, 0.3) is 5.91 Å². The second kappa shape index (κ2) is 3.73. The molecular weight excluding hydrogens is 192 g/mol. The van der Waals surface area contributed by atoms with Crippen molar-refractivity contribution in [2.45, 2.75) is 6.92 Å². The quantitative estimate of drug-likeness (QED) is 0.656. The minimum atomic E-state index is 0.0263. The molecule has 0 radical (unpaired) electrons. The topological polar surface area (TPSA) is 52.3 Å². The lowest BCUT2D eigenvalue weighted by atomic mass is 10.2. The summed E-state index contributed by atoms with van der Waals surface area (Å²) in [6.07, 6.45) is 1.85. The van der Waals surface area contributed by atoms with Crippen LogP contribution < -0.4 is 5.43 Å². The van der Waals surface area contributed by atoms with Gasteiger partial charge in [-0.3, -0.25) is 4.79 Å². The van der Waals surface area contributed by atoms with E-state index in [4.69, 9.17) is 5.11 Å². The van der Waals surface area contributed by atoms with Crippen LogP contribution in [0.5, 0.6) is 5.75 Å². The lowest BCUT2D eigenvalue weighted by Gasteiger charge is -1.93. The zero-order valence-electron chi connectivity index (χ0n) is 8.47. The fourth-order valence-corrected chi connectivity index (χ4v) is 1.50. The molecule has 1 fully saturated rings. The van der Waals surface area contributed by atoms with Crippen LogP contribution in [0, 0.1) is 5.92 Å². The molecule has 0 aliphatic carbocycles. The Bertz CT molecular complexity index is 409. The van der Waals surface area contributed by atoms with E-state index in [2.05, 4.69) is 5.43 Å². The number of aromatic hydroxyl groups is 1. The van der Waals surface area contributed by atoms with Crippen LogP contribution in [0.2, 0.25) is 0 Å². The van der Waals surface area contributed by atoms with Gasteiger partial charge >= 0.3 is 0 Å². The van der Waals surface area contributed by atoms with Crippen LogP contribution >= 0.6 is 0 Å². The number of phenols is 1. The minimum Gasteiger partial charge on any atom is -0.508 e. The molecule has 1 aliphatic rings. The van der Waals surface area contributed by atoms with Gasteiger partial charge in [0, 0.05) is 5.56 Å². The Kier molecular flexibility index (Phi) is 2.41. The molecule has 1 saturated heterocycles. The second-order valence-electron chi connectivity index (χ2n) is 3.75. The van der Waals surface area contributed by atoms with Crippen molar-refractivity contribution in [2.75, 3.05) is 6.54 Å². The molecule has 15 heavy (non-hydrogen) atoms. The summed E-state index contributed by atoms with van der Waals surface area (Å²) in [7, 11) is 0. The number of nitrogens with zero attached hydrogens (tertiary/aromatic N) is 1. The zero-order chi connectivity index (χ0) is 10.8. The molecule has 0 aromatic heterocycles. The van der Waals surface area contributed by atoms with Gasteiger partial charge < -0.3 is 5.11 Å². The number of phenolic OH excluding ortho intramolecular Hbond substituents is 1. The second-order valence-corrected chi connectivity index (χ2v) is 3.75. The van der Waals surface area contributed by atoms with E-state index in [1.807, 2.05) is 13.1 Å². The van der Waals surface area contributed by atoms with Crippen LogP contribution in [0.15, 0.2) is 24.3 Å².